The topological polar surface area (TPSA) is 39.1 Å². The molecule has 110 valence electrons. The van der Waals surface area contributed by atoms with Crippen LogP contribution in [-0.4, -0.2) is 10.4 Å². The van der Waals surface area contributed by atoms with Gasteiger partial charge < -0.3 is 4.57 Å². The number of carbonyl (C=O) groups excluding carboxylic acids is 1. The zero-order chi connectivity index (χ0) is 15.5. The number of hydrogen-bond acceptors (Lipinski definition) is 2. The van der Waals surface area contributed by atoms with Crippen LogP contribution in [0.25, 0.3) is 0 Å². The minimum atomic E-state index is -4.54. The van der Waals surface area contributed by atoms with E-state index in [0.717, 1.165) is 16.2 Å². The third-order valence-electron chi connectivity index (χ3n) is 2.90. The van der Waals surface area contributed by atoms with Gasteiger partial charge in [-0.1, -0.05) is 30.3 Å². The van der Waals surface area contributed by atoms with E-state index in [-0.39, 0.29) is 18.7 Å². The molecule has 0 saturated carbocycles. The molecule has 0 bridgehead atoms. The van der Waals surface area contributed by atoms with E-state index in [2.05, 4.69) is 0 Å². The van der Waals surface area contributed by atoms with Gasteiger partial charge in [-0.05, 0) is 11.6 Å². The molecule has 0 unspecified atom stereocenters. The Morgan fingerprint density at radius 1 is 1.05 bits per heavy atom. The monoisotopic (exact) mass is 295 g/mol. The lowest BCUT2D eigenvalue weighted by Gasteiger charge is -2.10. The number of Topliss-reactive ketones (excluding diaryl/α,β-unsaturated/α-hetero) is 1. The molecule has 1 aromatic heterocycles. The van der Waals surface area contributed by atoms with Crippen molar-refractivity contribution in [3.8, 4) is 0 Å². The first-order valence-corrected chi connectivity index (χ1v) is 6.19. The number of aromatic nitrogens is 1. The molecule has 6 heteroatoms. The zero-order valence-corrected chi connectivity index (χ0v) is 10.9. The molecule has 0 spiro atoms. The molecule has 0 aliphatic heterocycles. The SMILES string of the molecule is O=C(Cc1ccccc1)Cn1cc(C(F)(F)F)ccc1=O. The molecule has 0 aliphatic rings. The Labute approximate surface area is 118 Å². The highest BCUT2D eigenvalue weighted by atomic mass is 19.4. The van der Waals surface area contributed by atoms with Crippen LogP contribution in [-0.2, 0) is 23.9 Å². The van der Waals surface area contributed by atoms with Crippen molar-refractivity contribution in [1.29, 1.82) is 0 Å². The Hall–Kier alpha value is -2.37. The predicted octanol–water partition coefficient (Wildman–Crippen LogP) is 2.68. The summed E-state index contributed by atoms with van der Waals surface area (Å²) in [6.07, 6.45) is -3.80. The molecule has 1 heterocycles. The van der Waals surface area contributed by atoms with Crippen molar-refractivity contribution >= 4 is 5.78 Å². The van der Waals surface area contributed by atoms with Crippen LogP contribution in [0.1, 0.15) is 11.1 Å². The Morgan fingerprint density at radius 3 is 2.33 bits per heavy atom. The van der Waals surface area contributed by atoms with Crippen LogP contribution in [0.4, 0.5) is 13.2 Å². The van der Waals surface area contributed by atoms with E-state index in [1.807, 2.05) is 0 Å². The van der Waals surface area contributed by atoms with E-state index in [4.69, 9.17) is 0 Å². The van der Waals surface area contributed by atoms with Gasteiger partial charge >= 0.3 is 6.18 Å². The standard InChI is InChI=1S/C15H12F3NO2/c16-15(17,18)12-6-7-14(21)19(9-12)10-13(20)8-11-4-2-1-3-5-11/h1-7,9H,8,10H2. The van der Waals surface area contributed by atoms with E-state index in [0.29, 0.717) is 12.3 Å². The van der Waals surface area contributed by atoms with Crippen molar-refractivity contribution < 1.29 is 18.0 Å². The van der Waals surface area contributed by atoms with E-state index in [1.165, 1.54) is 0 Å². The molecule has 2 aromatic rings. The molecule has 0 amide bonds. The number of rotatable bonds is 4. The van der Waals surface area contributed by atoms with Gasteiger partial charge in [-0.2, -0.15) is 13.2 Å². The number of alkyl halides is 3. The molecule has 0 radical (unpaired) electrons. The van der Waals surface area contributed by atoms with E-state index in [9.17, 15) is 22.8 Å². The normalized spacial score (nSPS) is 11.4. The van der Waals surface area contributed by atoms with Gasteiger partial charge in [0.2, 0.25) is 0 Å². The fraction of sp³-hybridized carbons (Fsp3) is 0.200. The fourth-order valence-corrected chi connectivity index (χ4v) is 1.89. The third kappa shape index (κ3) is 4.05. The first kappa shape index (κ1) is 15.0. The average molecular weight is 295 g/mol. The molecule has 0 saturated heterocycles. The Balaban J connectivity index is 2.16. The second-order valence-corrected chi connectivity index (χ2v) is 4.58. The fourth-order valence-electron chi connectivity index (χ4n) is 1.89. The van der Waals surface area contributed by atoms with Crippen molar-refractivity contribution in [1.82, 2.24) is 4.57 Å². The first-order valence-electron chi connectivity index (χ1n) is 6.19. The lowest BCUT2D eigenvalue weighted by Crippen LogP contribution is -2.25. The highest BCUT2D eigenvalue weighted by molar-refractivity contribution is 5.80. The quantitative estimate of drug-likeness (QED) is 0.870. The van der Waals surface area contributed by atoms with E-state index >= 15 is 0 Å². The van der Waals surface area contributed by atoms with E-state index in [1.54, 1.807) is 30.3 Å². The number of benzene rings is 1. The first-order chi connectivity index (χ1) is 9.86. The lowest BCUT2D eigenvalue weighted by atomic mass is 10.1. The van der Waals surface area contributed by atoms with Crippen molar-refractivity contribution in [2.24, 2.45) is 0 Å². The molecule has 0 aliphatic carbocycles. The van der Waals surface area contributed by atoms with Crippen LogP contribution >= 0.6 is 0 Å². The Morgan fingerprint density at radius 2 is 1.71 bits per heavy atom. The highest BCUT2D eigenvalue weighted by Gasteiger charge is 2.31. The van der Waals surface area contributed by atoms with Crippen molar-refractivity contribution in [2.45, 2.75) is 19.1 Å². The summed E-state index contributed by atoms with van der Waals surface area (Å²) in [6, 6.07) is 10.3. The number of halogens is 3. The van der Waals surface area contributed by atoms with Gasteiger partial charge in [-0.25, -0.2) is 0 Å². The summed E-state index contributed by atoms with van der Waals surface area (Å²) in [7, 11) is 0. The number of ketones is 1. The van der Waals surface area contributed by atoms with Crippen molar-refractivity contribution in [3.63, 3.8) is 0 Å². The van der Waals surface area contributed by atoms with Gasteiger partial charge in [0.15, 0.2) is 5.78 Å². The lowest BCUT2D eigenvalue weighted by molar-refractivity contribution is -0.138. The van der Waals surface area contributed by atoms with Crippen LogP contribution in [0.5, 0.6) is 0 Å². The van der Waals surface area contributed by atoms with Gasteiger partial charge in [-0.3, -0.25) is 9.59 Å². The zero-order valence-electron chi connectivity index (χ0n) is 10.9. The summed E-state index contributed by atoms with van der Waals surface area (Å²) >= 11 is 0. The smallest absolute Gasteiger partial charge is 0.307 e. The summed E-state index contributed by atoms with van der Waals surface area (Å²) < 4.78 is 38.5. The predicted molar refractivity (Wildman–Crippen MR) is 70.9 cm³/mol. The molecule has 21 heavy (non-hydrogen) atoms. The Bertz CT molecular complexity index is 690. The minimum absolute atomic E-state index is 0.0729. The van der Waals surface area contributed by atoms with Crippen LogP contribution in [0, 0.1) is 0 Å². The number of pyridine rings is 1. The second kappa shape index (κ2) is 5.95. The molecule has 3 nitrogen and oxygen atoms in total. The summed E-state index contributed by atoms with van der Waals surface area (Å²) in [4.78, 5) is 23.4. The van der Waals surface area contributed by atoms with Gasteiger partial charge in [0.25, 0.3) is 5.56 Å². The van der Waals surface area contributed by atoms with Crippen LogP contribution < -0.4 is 5.56 Å². The largest absolute Gasteiger partial charge is 0.417 e. The van der Waals surface area contributed by atoms with Crippen LogP contribution in [0.15, 0.2) is 53.5 Å². The summed E-state index contributed by atoms with van der Waals surface area (Å²) in [6.45, 7) is -0.377. The maximum absolute atomic E-state index is 12.6. The van der Waals surface area contributed by atoms with Crippen LogP contribution in [0.2, 0.25) is 0 Å². The summed E-state index contributed by atoms with van der Waals surface area (Å²) in [5.41, 5.74) is -0.832. The Kier molecular flexibility index (Phi) is 4.26. The van der Waals surface area contributed by atoms with Gasteiger partial charge in [0.1, 0.15) is 0 Å². The summed E-state index contributed by atoms with van der Waals surface area (Å²) in [5.74, 6) is -0.331. The van der Waals surface area contributed by atoms with E-state index < -0.39 is 17.3 Å². The minimum Gasteiger partial charge on any atom is -0.307 e. The van der Waals surface area contributed by atoms with Crippen LogP contribution in [0.3, 0.4) is 0 Å². The van der Waals surface area contributed by atoms with Gasteiger partial charge in [0, 0.05) is 18.7 Å². The molecule has 2 rings (SSSR count). The van der Waals surface area contributed by atoms with Crippen molar-refractivity contribution in [3.05, 3.63) is 70.1 Å². The van der Waals surface area contributed by atoms with Crippen molar-refractivity contribution in [2.75, 3.05) is 0 Å². The second-order valence-electron chi connectivity index (χ2n) is 4.58. The molecule has 0 atom stereocenters. The third-order valence-corrected chi connectivity index (χ3v) is 2.90. The number of nitrogens with zero attached hydrogens (tertiary/aromatic N) is 1. The molecule has 1 aromatic carbocycles. The average Bonchev–Trinajstić information content (AvgIpc) is 2.41. The van der Waals surface area contributed by atoms with Gasteiger partial charge in [-0.15, -0.1) is 0 Å². The van der Waals surface area contributed by atoms with Gasteiger partial charge in [0.05, 0.1) is 12.1 Å². The summed E-state index contributed by atoms with van der Waals surface area (Å²) in [5, 5.41) is 0. The number of hydrogen-bond donors (Lipinski definition) is 0. The number of carbonyl (C=O) groups is 1. The molecule has 0 fully saturated rings. The molecular formula is C15H12F3NO2. The maximum atomic E-state index is 12.6. The molecular weight excluding hydrogens is 283 g/mol. The maximum Gasteiger partial charge on any atom is 0.417 e. The molecule has 0 N–H and O–H groups in total. The highest BCUT2D eigenvalue weighted by Crippen LogP contribution is 2.27.